The number of aryl methyl sites for hydroxylation is 1. The first-order valence-electron chi connectivity index (χ1n) is 4.35. The lowest BCUT2D eigenvalue weighted by atomic mass is 10.3. The van der Waals surface area contributed by atoms with E-state index in [1.165, 1.54) is 4.90 Å². The van der Waals surface area contributed by atoms with Gasteiger partial charge in [0, 0.05) is 26.4 Å². The van der Waals surface area contributed by atoms with Crippen molar-refractivity contribution in [3.05, 3.63) is 23.9 Å². The molecule has 14 heavy (non-hydrogen) atoms. The largest absolute Gasteiger partial charge is 0.468 e. The summed E-state index contributed by atoms with van der Waals surface area (Å²) < 4.78 is 5.21. The average molecular weight is 194 g/mol. The SMILES string of the molecule is Cc1ccnc(OCC(=O)N(C)C)c1. The van der Waals surface area contributed by atoms with Gasteiger partial charge in [0.05, 0.1) is 0 Å². The van der Waals surface area contributed by atoms with E-state index >= 15 is 0 Å². The summed E-state index contributed by atoms with van der Waals surface area (Å²) in [5.74, 6) is 0.411. The van der Waals surface area contributed by atoms with Crippen molar-refractivity contribution in [3.8, 4) is 5.88 Å². The van der Waals surface area contributed by atoms with Gasteiger partial charge in [0.15, 0.2) is 6.61 Å². The predicted octanol–water partition coefficient (Wildman–Crippen LogP) is 0.857. The molecule has 0 aliphatic rings. The number of carbonyl (C=O) groups excluding carboxylic acids is 1. The normalized spacial score (nSPS) is 9.64. The molecule has 0 unspecified atom stereocenters. The molecular weight excluding hydrogens is 180 g/mol. The van der Waals surface area contributed by atoms with Crippen molar-refractivity contribution < 1.29 is 9.53 Å². The van der Waals surface area contributed by atoms with E-state index in [1.54, 1.807) is 26.4 Å². The molecule has 0 bridgehead atoms. The van der Waals surface area contributed by atoms with E-state index in [0.717, 1.165) is 5.56 Å². The smallest absolute Gasteiger partial charge is 0.260 e. The highest BCUT2D eigenvalue weighted by Crippen LogP contribution is 2.07. The van der Waals surface area contributed by atoms with Gasteiger partial charge in [-0.25, -0.2) is 4.98 Å². The fraction of sp³-hybridized carbons (Fsp3) is 0.400. The van der Waals surface area contributed by atoms with Crippen molar-refractivity contribution in [2.24, 2.45) is 0 Å². The topological polar surface area (TPSA) is 42.4 Å². The van der Waals surface area contributed by atoms with E-state index in [2.05, 4.69) is 4.98 Å². The fourth-order valence-corrected chi connectivity index (χ4v) is 0.852. The number of likely N-dealkylation sites (N-methyl/N-ethyl adjacent to an activating group) is 1. The van der Waals surface area contributed by atoms with Gasteiger partial charge in [-0.1, -0.05) is 0 Å². The Balaban J connectivity index is 2.50. The van der Waals surface area contributed by atoms with E-state index in [-0.39, 0.29) is 12.5 Å². The minimum absolute atomic E-state index is 0.0312. The lowest BCUT2D eigenvalue weighted by molar-refractivity contribution is -0.130. The number of aromatic nitrogens is 1. The van der Waals surface area contributed by atoms with Gasteiger partial charge in [-0.05, 0) is 18.6 Å². The van der Waals surface area contributed by atoms with E-state index < -0.39 is 0 Å². The quantitative estimate of drug-likeness (QED) is 0.716. The summed E-state index contributed by atoms with van der Waals surface area (Å²) in [6, 6.07) is 3.67. The van der Waals surface area contributed by atoms with Gasteiger partial charge in [0.2, 0.25) is 5.88 Å². The Morgan fingerprint density at radius 2 is 2.29 bits per heavy atom. The number of hydrogen-bond donors (Lipinski definition) is 0. The number of carbonyl (C=O) groups is 1. The first-order chi connectivity index (χ1) is 6.59. The molecule has 0 atom stereocenters. The summed E-state index contributed by atoms with van der Waals surface area (Å²) in [6.07, 6.45) is 1.66. The molecular formula is C10H14N2O2. The van der Waals surface area contributed by atoms with E-state index in [9.17, 15) is 4.79 Å². The van der Waals surface area contributed by atoms with Crippen LogP contribution < -0.4 is 4.74 Å². The third-order valence-corrected chi connectivity index (χ3v) is 1.73. The van der Waals surface area contributed by atoms with Crippen LogP contribution in [0.25, 0.3) is 0 Å². The molecule has 0 aliphatic heterocycles. The Bertz CT molecular complexity index is 324. The van der Waals surface area contributed by atoms with Crippen molar-refractivity contribution >= 4 is 5.91 Å². The van der Waals surface area contributed by atoms with Crippen LogP contribution in [0.3, 0.4) is 0 Å². The van der Waals surface area contributed by atoms with Crippen molar-refractivity contribution in [1.82, 2.24) is 9.88 Å². The zero-order valence-electron chi connectivity index (χ0n) is 8.65. The molecule has 4 heteroatoms. The number of rotatable bonds is 3. The first-order valence-corrected chi connectivity index (χ1v) is 4.35. The Morgan fingerprint density at radius 1 is 1.57 bits per heavy atom. The van der Waals surface area contributed by atoms with Gasteiger partial charge in [0.25, 0.3) is 5.91 Å². The summed E-state index contributed by atoms with van der Waals surface area (Å²) in [6.45, 7) is 1.98. The average Bonchev–Trinajstić information content (AvgIpc) is 2.14. The fourth-order valence-electron chi connectivity index (χ4n) is 0.852. The second-order valence-electron chi connectivity index (χ2n) is 3.25. The van der Waals surface area contributed by atoms with E-state index in [0.29, 0.717) is 5.88 Å². The predicted molar refractivity (Wildman–Crippen MR) is 53.2 cm³/mol. The van der Waals surface area contributed by atoms with Crippen LogP contribution >= 0.6 is 0 Å². The number of ether oxygens (including phenoxy) is 1. The summed E-state index contributed by atoms with van der Waals surface area (Å²) in [7, 11) is 3.38. The molecule has 1 aromatic heterocycles. The van der Waals surface area contributed by atoms with E-state index in [4.69, 9.17) is 4.74 Å². The van der Waals surface area contributed by atoms with Crippen molar-refractivity contribution in [2.45, 2.75) is 6.92 Å². The summed E-state index contributed by atoms with van der Waals surface area (Å²) in [5.41, 5.74) is 1.06. The van der Waals surface area contributed by atoms with Gasteiger partial charge in [-0.15, -0.1) is 0 Å². The van der Waals surface area contributed by atoms with Crippen LogP contribution in [0.4, 0.5) is 0 Å². The Hall–Kier alpha value is -1.58. The third kappa shape index (κ3) is 3.05. The molecule has 1 rings (SSSR count). The molecule has 0 radical (unpaired) electrons. The number of hydrogen-bond acceptors (Lipinski definition) is 3. The van der Waals surface area contributed by atoms with Crippen molar-refractivity contribution in [1.29, 1.82) is 0 Å². The molecule has 0 saturated carbocycles. The van der Waals surface area contributed by atoms with Crippen LogP contribution in [0, 0.1) is 6.92 Å². The number of nitrogens with zero attached hydrogens (tertiary/aromatic N) is 2. The van der Waals surface area contributed by atoms with Crippen LogP contribution in [-0.2, 0) is 4.79 Å². The van der Waals surface area contributed by atoms with Gasteiger partial charge >= 0.3 is 0 Å². The highest BCUT2D eigenvalue weighted by atomic mass is 16.5. The Kier molecular flexibility index (Phi) is 3.45. The highest BCUT2D eigenvalue weighted by molar-refractivity contribution is 5.77. The lowest BCUT2D eigenvalue weighted by Gasteiger charge is -2.10. The molecule has 1 heterocycles. The molecule has 1 aromatic rings. The third-order valence-electron chi connectivity index (χ3n) is 1.73. The minimum Gasteiger partial charge on any atom is -0.468 e. The van der Waals surface area contributed by atoms with Gasteiger partial charge in [-0.3, -0.25) is 4.79 Å². The zero-order valence-corrected chi connectivity index (χ0v) is 8.65. The van der Waals surface area contributed by atoms with Crippen LogP contribution in [0.2, 0.25) is 0 Å². The zero-order chi connectivity index (χ0) is 10.6. The molecule has 0 spiro atoms. The summed E-state index contributed by atoms with van der Waals surface area (Å²) >= 11 is 0. The number of amides is 1. The van der Waals surface area contributed by atoms with E-state index in [1.807, 2.05) is 13.0 Å². The Labute approximate surface area is 83.5 Å². The summed E-state index contributed by atoms with van der Waals surface area (Å²) in [4.78, 5) is 16.6. The number of pyridine rings is 1. The molecule has 0 fully saturated rings. The highest BCUT2D eigenvalue weighted by Gasteiger charge is 2.04. The standard InChI is InChI=1S/C10H14N2O2/c1-8-4-5-11-9(6-8)14-7-10(13)12(2)3/h4-6H,7H2,1-3H3. The summed E-state index contributed by atoms with van der Waals surface area (Å²) in [5, 5.41) is 0. The van der Waals surface area contributed by atoms with Crippen LogP contribution in [-0.4, -0.2) is 36.5 Å². The molecule has 76 valence electrons. The van der Waals surface area contributed by atoms with Crippen LogP contribution in [0.5, 0.6) is 5.88 Å². The Morgan fingerprint density at radius 3 is 2.86 bits per heavy atom. The maximum Gasteiger partial charge on any atom is 0.260 e. The molecule has 0 aromatic carbocycles. The molecule has 0 N–H and O–H groups in total. The van der Waals surface area contributed by atoms with Crippen LogP contribution in [0.1, 0.15) is 5.56 Å². The molecule has 0 aliphatic carbocycles. The van der Waals surface area contributed by atoms with Gasteiger partial charge in [-0.2, -0.15) is 0 Å². The lowest BCUT2D eigenvalue weighted by Crippen LogP contribution is -2.27. The molecule has 1 amide bonds. The maximum atomic E-state index is 11.2. The first kappa shape index (κ1) is 10.5. The second-order valence-corrected chi connectivity index (χ2v) is 3.25. The molecule has 0 saturated heterocycles. The maximum absolute atomic E-state index is 11.2. The van der Waals surface area contributed by atoms with Gasteiger partial charge in [0.1, 0.15) is 0 Å². The van der Waals surface area contributed by atoms with Gasteiger partial charge < -0.3 is 9.64 Å². The molecule has 4 nitrogen and oxygen atoms in total. The van der Waals surface area contributed by atoms with Crippen LogP contribution in [0.15, 0.2) is 18.3 Å². The second kappa shape index (κ2) is 4.60. The van der Waals surface area contributed by atoms with Crippen molar-refractivity contribution in [3.63, 3.8) is 0 Å². The van der Waals surface area contributed by atoms with Crippen molar-refractivity contribution in [2.75, 3.05) is 20.7 Å². The minimum atomic E-state index is -0.0756. The monoisotopic (exact) mass is 194 g/mol.